The zero-order valence-electron chi connectivity index (χ0n) is 12.7. The molecule has 19 heavy (non-hydrogen) atoms. The van der Waals surface area contributed by atoms with Gasteiger partial charge in [-0.2, -0.15) is 0 Å². The molecule has 0 aromatic heterocycles. The van der Waals surface area contributed by atoms with Gasteiger partial charge in [0.2, 0.25) is 0 Å². The summed E-state index contributed by atoms with van der Waals surface area (Å²) >= 11 is 0. The Morgan fingerprint density at radius 1 is 1.00 bits per heavy atom. The van der Waals surface area contributed by atoms with Crippen molar-refractivity contribution in [2.45, 2.75) is 47.0 Å². The minimum Gasteiger partial charge on any atom is -0.0622 e. The number of hydrogen-bond donors (Lipinski definition) is 0. The minimum absolute atomic E-state index is 0.818. The zero-order valence-corrected chi connectivity index (χ0v) is 12.7. The number of hydrogen-bond acceptors (Lipinski definition) is 0. The first-order valence-electron chi connectivity index (χ1n) is 7.87. The molecule has 1 aromatic carbocycles. The van der Waals surface area contributed by atoms with Crippen molar-refractivity contribution in [2.24, 2.45) is 23.7 Å². The van der Waals surface area contributed by atoms with E-state index in [1.165, 1.54) is 30.4 Å². The van der Waals surface area contributed by atoms with Crippen LogP contribution in [-0.4, -0.2) is 0 Å². The van der Waals surface area contributed by atoms with Crippen LogP contribution in [0.1, 0.15) is 50.3 Å². The molecular formula is C19H26. The third kappa shape index (κ3) is 2.16. The third-order valence-electron chi connectivity index (χ3n) is 5.94. The Balaban J connectivity index is 1.85. The van der Waals surface area contributed by atoms with Gasteiger partial charge in [0.25, 0.3) is 0 Å². The fraction of sp³-hybridized carbons (Fsp3) is 0.579. The minimum atomic E-state index is 0.818. The summed E-state index contributed by atoms with van der Waals surface area (Å²) in [6, 6.07) is 6.74. The van der Waals surface area contributed by atoms with E-state index in [0.717, 1.165) is 23.7 Å². The highest BCUT2D eigenvalue weighted by atomic mass is 14.4. The molecule has 0 heteroatoms. The van der Waals surface area contributed by atoms with Crippen LogP contribution in [0.15, 0.2) is 23.8 Å². The average Bonchev–Trinajstić information content (AvgIpc) is 2.81. The molecule has 0 aliphatic heterocycles. The van der Waals surface area contributed by atoms with Crippen molar-refractivity contribution in [1.29, 1.82) is 0 Å². The van der Waals surface area contributed by atoms with Crippen LogP contribution in [0.3, 0.4) is 0 Å². The fourth-order valence-corrected chi connectivity index (χ4v) is 4.17. The van der Waals surface area contributed by atoms with Crippen molar-refractivity contribution in [3.05, 3.63) is 40.5 Å². The summed E-state index contributed by atoms with van der Waals surface area (Å²) in [7, 11) is 0. The van der Waals surface area contributed by atoms with Crippen molar-refractivity contribution in [2.75, 3.05) is 0 Å². The molecule has 0 bridgehead atoms. The van der Waals surface area contributed by atoms with Crippen LogP contribution >= 0.6 is 0 Å². The summed E-state index contributed by atoms with van der Waals surface area (Å²) in [5.41, 5.74) is 6.23. The Morgan fingerprint density at radius 2 is 1.79 bits per heavy atom. The molecule has 0 heterocycles. The van der Waals surface area contributed by atoms with E-state index in [4.69, 9.17) is 0 Å². The number of allylic oxidation sites excluding steroid dienone is 1. The van der Waals surface area contributed by atoms with Crippen LogP contribution in [-0.2, 0) is 6.42 Å². The van der Waals surface area contributed by atoms with Crippen molar-refractivity contribution >= 4 is 6.08 Å². The van der Waals surface area contributed by atoms with E-state index >= 15 is 0 Å². The van der Waals surface area contributed by atoms with E-state index in [9.17, 15) is 0 Å². The molecule has 1 fully saturated rings. The summed E-state index contributed by atoms with van der Waals surface area (Å²) in [6.45, 7) is 9.61. The lowest BCUT2D eigenvalue weighted by Gasteiger charge is -2.39. The molecule has 0 amide bonds. The standard InChI is InChI=1S/C19H26/c1-12-8-9-18(15(4)14(12)3)17-10-16-7-5-6-13(2)19(16)11-17/h5-7,10,12,14-15,18H,8-9,11H2,1-4H3. The Hall–Kier alpha value is -1.04. The van der Waals surface area contributed by atoms with Crippen molar-refractivity contribution in [3.63, 3.8) is 0 Å². The molecule has 4 atom stereocenters. The molecule has 3 rings (SSSR count). The third-order valence-corrected chi connectivity index (χ3v) is 5.94. The van der Waals surface area contributed by atoms with Gasteiger partial charge in [-0.05, 0) is 66.5 Å². The van der Waals surface area contributed by atoms with Gasteiger partial charge in [0.1, 0.15) is 0 Å². The Kier molecular flexibility index (Phi) is 3.28. The van der Waals surface area contributed by atoms with Gasteiger partial charge < -0.3 is 0 Å². The number of fused-ring (bicyclic) bond motifs is 1. The van der Waals surface area contributed by atoms with E-state index < -0.39 is 0 Å². The largest absolute Gasteiger partial charge is 0.0622 e. The van der Waals surface area contributed by atoms with Gasteiger partial charge in [-0.15, -0.1) is 0 Å². The lowest BCUT2D eigenvalue weighted by atomic mass is 9.66. The molecule has 2 aliphatic carbocycles. The quantitative estimate of drug-likeness (QED) is 0.642. The topological polar surface area (TPSA) is 0 Å². The second-order valence-corrected chi connectivity index (χ2v) is 6.92. The Labute approximate surface area is 117 Å². The highest BCUT2D eigenvalue weighted by Gasteiger charge is 2.34. The fourth-order valence-electron chi connectivity index (χ4n) is 4.17. The van der Waals surface area contributed by atoms with Gasteiger partial charge >= 0.3 is 0 Å². The van der Waals surface area contributed by atoms with E-state index in [-0.39, 0.29) is 0 Å². The molecular weight excluding hydrogens is 228 g/mol. The van der Waals surface area contributed by atoms with E-state index in [0.29, 0.717) is 0 Å². The molecule has 0 spiro atoms. The lowest BCUT2D eigenvalue weighted by Crippen LogP contribution is -2.31. The van der Waals surface area contributed by atoms with Crippen LogP contribution in [0.5, 0.6) is 0 Å². The summed E-state index contributed by atoms with van der Waals surface area (Å²) in [5.74, 6) is 3.42. The number of benzene rings is 1. The van der Waals surface area contributed by atoms with Crippen LogP contribution < -0.4 is 0 Å². The van der Waals surface area contributed by atoms with E-state index in [1.807, 2.05) is 0 Å². The van der Waals surface area contributed by atoms with Crippen LogP contribution in [0.4, 0.5) is 0 Å². The molecule has 0 saturated heterocycles. The maximum absolute atomic E-state index is 2.49. The summed E-state index contributed by atoms with van der Waals surface area (Å²) < 4.78 is 0. The molecule has 4 unspecified atom stereocenters. The van der Waals surface area contributed by atoms with Gasteiger partial charge in [-0.3, -0.25) is 0 Å². The van der Waals surface area contributed by atoms with Crippen molar-refractivity contribution < 1.29 is 0 Å². The predicted octanol–water partition coefficient (Wildman–Crippen LogP) is 5.25. The molecule has 0 radical (unpaired) electrons. The normalized spacial score (nSPS) is 34.0. The molecule has 1 saturated carbocycles. The summed E-state index contributed by atoms with van der Waals surface area (Å²) in [6.07, 6.45) is 6.50. The Morgan fingerprint density at radius 3 is 2.53 bits per heavy atom. The molecule has 2 aliphatic rings. The van der Waals surface area contributed by atoms with Gasteiger partial charge in [-0.1, -0.05) is 50.6 Å². The predicted molar refractivity (Wildman–Crippen MR) is 83.1 cm³/mol. The van der Waals surface area contributed by atoms with Gasteiger partial charge in [0, 0.05) is 0 Å². The SMILES string of the molecule is Cc1cccc2c1CC(C1CCC(C)C(C)C1C)=C2. The number of aryl methyl sites for hydroxylation is 1. The Bertz CT molecular complexity index is 509. The highest BCUT2D eigenvalue weighted by molar-refractivity contribution is 5.66. The molecule has 0 nitrogen and oxygen atoms in total. The first-order valence-corrected chi connectivity index (χ1v) is 7.87. The van der Waals surface area contributed by atoms with Crippen molar-refractivity contribution in [1.82, 2.24) is 0 Å². The maximum atomic E-state index is 2.49. The summed E-state index contributed by atoms with van der Waals surface area (Å²) in [4.78, 5) is 0. The molecule has 102 valence electrons. The van der Waals surface area contributed by atoms with Gasteiger partial charge in [0.05, 0.1) is 0 Å². The van der Waals surface area contributed by atoms with Crippen LogP contribution in [0.2, 0.25) is 0 Å². The molecule has 1 aromatic rings. The first kappa shape index (κ1) is 13.0. The average molecular weight is 254 g/mol. The molecule has 0 N–H and O–H groups in total. The maximum Gasteiger partial charge on any atom is -0.00523 e. The highest BCUT2D eigenvalue weighted by Crippen LogP contribution is 2.45. The van der Waals surface area contributed by atoms with Crippen molar-refractivity contribution in [3.8, 4) is 0 Å². The second-order valence-electron chi connectivity index (χ2n) is 6.92. The van der Waals surface area contributed by atoms with Crippen LogP contribution in [0.25, 0.3) is 6.08 Å². The van der Waals surface area contributed by atoms with Crippen LogP contribution in [0, 0.1) is 30.6 Å². The zero-order chi connectivity index (χ0) is 13.6. The van der Waals surface area contributed by atoms with Gasteiger partial charge in [-0.25, -0.2) is 0 Å². The van der Waals surface area contributed by atoms with Gasteiger partial charge in [0.15, 0.2) is 0 Å². The summed E-state index contributed by atoms with van der Waals surface area (Å²) in [5, 5.41) is 0. The second kappa shape index (κ2) is 4.81. The first-order chi connectivity index (χ1) is 9.08. The lowest BCUT2D eigenvalue weighted by molar-refractivity contribution is 0.146. The van der Waals surface area contributed by atoms with E-state index in [2.05, 4.69) is 52.0 Å². The number of rotatable bonds is 1. The monoisotopic (exact) mass is 254 g/mol. The smallest absolute Gasteiger partial charge is 0.00523 e. The van der Waals surface area contributed by atoms with E-state index in [1.54, 1.807) is 11.1 Å².